The number of aromatic nitrogens is 12. The summed E-state index contributed by atoms with van der Waals surface area (Å²) in [6.45, 7) is 12.9. The van der Waals surface area contributed by atoms with Crippen LogP contribution in [0, 0.1) is 0 Å². The minimum atomic E-state index is 0. The molecule has 7 aromatic rings. The van der Waals surface area contributed by atoms with Gasteiger partial charge in [-0.15, -0.1) is 0 Å². The average Bonchev–Trinajstić information content (AvgIpc) is 1.93. The van der Waals surface area contributed by atoms with Gasteiger partial charge >= 0.3 is 16.5 Å². The molecule has 7 aromatic heterocycles. The van der Waals surface area contributed by atoms with Crippen molar-refractivity contribution in [2.24, 2.45) is 0 Å². The topological polar surface area (TPSA) is 121 Å². The van der Waals surface area contributed by atoms with Crippen LogP contribution < -0.4 is 28.2 Å². The third kappa shape index (κ3) is 21.3. The van der Waals surface area contributed by atoms with Crippen LogP contribution in [0.25, 0.3) is 89.7 Å². The molecule has 9 rings (SSSR count). The second kappa shape index (κ2) is 39.0. The first-order chi connectivity index (χ1) is 43.5. The standard InChI is InChI=1S/C76H112N12.Ni/c1-5-9-13-17-21-25-29-33-37-41-49-85-53-45-61-65(57-85)73-77-69(61)82-74-67-59-87(51-43-39-35-31-27-23-19-15-11-7-3)55-47-63(67)71(79-74)84-76-68-60-88(52-44-40-36-32-28-24-20-16-12-8-4)56-48-64(68)72(80-76)83-75-66-58-86(54-46-62(66)70(78-75)81-73)50-42-38-34-30-26-22-18-14-10-6-2;/h45-48,53-60H,5-44,49-52H2,1-4H3;/q2*+2. The Balaban J connectivity index is 0.0000102. The molecular formula is C76H112N12Ni+4. The van der Waals surface area contributed by atoms with Gasteiger partial charge in [-0.2, -0.15) is 0 Å². The number of hydrogen-bond donors (Lipinski definition) is 0. The van der Waals surface area contributed by atoms with E-state index in [4.69, 9.17) is 39.9 Å². The van der Waals surface area contributed by atoms with Gasteiger partial charge in [-0.3, -0.25) is 0 Å². The minimum absolute atomic E-state index is 0. The summed E-state index contributed by atoms with van der Waals surface area (Å²) in [6, 6.07) is 8.75. The van der Waals surface area contributed by atoms with Crippen molar-refractivity contribution in [3.8, 4) is 45.6 Å². The minimum Gasteiger partial charge on any atom is -0.357 e. The molecule has 482 valence electrons. The average molecular weight is 1250 g/mol. The predicted molar refractivity (Wildman–Crippen MR) is 362 cm³/mol. The third-order valence-electron chi connectivity index (χ3n) is 18.8. The molecule has 0 fully saturated rings. The van der Waals surface area contributed by atoms with Gasteiger partial charge in [0.1, 0.15) is 26.2 Å². The van der Waals surface area contributed by atoms with E-state index in [1.54, 1.807) is 0 Å². The number of nitrogens with zero attached hydrogens (tertiary/aromatic N) is 12. The predicted octanol–water partition coefficient (Wildman–Crippen LogP) is 19.0. The first-order valence-electron chi connectivity index (χ1n) is 36.4. The molecule has 13 heteroatoms. The van der Waals surface area contributed by atoms with Crippen molar-refractivity contribution in [3.63, 3.8) is 0 Å². The van der Waals surface area contributed by atoms with Crippen LogP contribution in [0.15, 0.2) is 73.8 Å². The maximum absolute atomic E-state index is 5.44. The van der Waals surface area contributed by atoms with E-state index in [2.05, 4.69) is 120 Å². The number of pyridine rings is 4. The second-order valence-corrected chi connectivity index (χ2v) is 26.3. The van der Waals surface area contributed by atoms with Crippen molar-refractivity contribution in [1.29, 1.82) is 0 Å². The van der Waals surface area contributed by atoms with E-state index < -0.39 is 0 Å². The smallest absolute Gasteiger partial charge is 0.357 e. The summed E-state index contributed by atoms with van der Waals surface area (Å²) < 4.78 is 9.29. The molecule has 0 aliphatic carbocycles. The molecular weight excluding hydrogens is 1140 g/mol. The van der Waals surface area contributed by atoms with Gasteiger partial charge in [-0.05, 0) is 25.7 Å². The van der Waals surface area contributed by atoms with Crippen molar-refractivity contribution in [1.82, 2.24) is 39.9 Å². The number of rotatable bonds is 44. The molecule has 8 bridgehead atoms. The zero-order chi connectivity index (χ0) is 60.8. The summed E-state index contributed by atoms with van der Waals surface area (Å²) >= 11 is 0. The van der Waals surface area contributed by atoms with Gasteiger partial charge in [-0.1, -0.05) is 233 Å². The fourth-order valence-corrected chi connectivity index (χ4v) is 13.3. The maximum Gasteiger partial charge on any atom is 2.00 e. The van der Waals surface area contributed by atoms with Crippen LogP contribution in [-0.4, -0.2) is 29.9 Å². The zero-order valence-corrected chi connectivity index (χ0v) is 56.7. The summed E-state index contributed by atoms with van der Waals surface area (Å²) in [5, 5.41) is 3.80. The number of hydrogen-bond acceptors (Lipinski definition) is 6. The number of unbranched alkanes of at least 4 members (excludes halogenated alkanes) is 36. The Labute approximate surface area is 545 Å². The molecule has 0 radical (unpaired) electrons. The van der Waals surface area contributed by atoms with E-state index in [1.165, 1.54) is 231 Å². The molecule has 0 N–H and O–H groups in total. The molecule has 0 atom stereocenters. The van der Waals surface area contributed by atoms with Gasteiger partial charge in [0.2, 0.25) is 0 Å². The van der Waals surface area contributed by atoms with Crippen LogP contribution in [0.5, 0.6) is 0 Å². The fourth-order valence-electron chi connectivity index (χ4n) is 13.3. The SMILES string of the molecule is CCCCCCCCCCCC[n+]1ccc2c(c1)-c1nc-2nc2[n-]c(nc3nc(nc4[n-]c(n1)c1cc[n+](CCCCCCCCCCCC)cc41)-c1cc[n+](CCCCCCCCCCCC)cc1-3)c1cc[n+](CCCCCCCCCCCC)cc21.[Ni+2]. The van der Waals surface area contributed by atoms with E-state index in [9.17, 15) is 0 Å². The molecule has 89 heavy (non-hydrogen) atoms. The molecule has 0 saturated heterocycles. The Morgan fingerprint density at radius 2 is 0.472 bits per heavy atom. The fraction of sp³-hybridized carbons (Fsp3) is 0.632. The molecule has 9 heterocycles. The van der Waals surface area contributed by atoms with Crippen molar-refractivity contribution in [2.45, 2.75) is 311 Å². The Morgan fingerprint density at radius 3 is 0.753 bits per heavy atom. The van der Waals surface area contributed by atoms with Gasteiger partial charge in [0.05, 0.1) is 45.2 Å². The maximum atomic E-state index is 5.44. The summed E-state index contributed by atoms with van der Waals surface area (Å²) in [5.41, 5.74) is 6.21. The Morgan fingerprint density at radius 1 is 0.247 bits per heavy atom. The molecule has 0 spiro atoms. The van der Waals surface area contributed by atoms with Crippen molar-refractivity contribution >= 4 is 44.1 Å². The van der Waals surface area contributed by atoms with Crippen molar-refractivity contribution in [2.75, 3.05) is 0 Å². The summed E-state index contributed by atoms with van der Waals surface area (Å²) in [6.07, 6.45) is 70.1. The van der Waals surface area contributed by atoms with E-state index in [1.807, 2.05) is 0 Å². The normalized spacial score (nSPS) is 11.9. The molecule has 2 aliphatic heterocycles. The Hall–Kier alpha value is -5.55. The monoisotopic (exact) mass is 1250 g/mol. The molecule has 0 saturated carbocycles. The van der Waals surface area contributed by atoms with Crippen LogP contribution in [-0.2, 0) is 42.7 Å². The Kier molecular flexibility index (Phi) is 30.4. The third-order valence-corrected chi connectivity index (χ3v) is 18.8. The van der Waals surface area contributed by atoms with Crippen molar-refractivity contribution in [3.05, 3.63) is 73.8 Å². The van der Waals surface area contributed by atoms with Crippen LogP contribution in [0.4, 0.5) is 0 Å². The van der Waals surface area contributed by atoms with Gasteiger partial charge in [0.25, 0.3) is 0 Å². The summed E-state index contributed by atoms with van der Waals surface area (Å²) in [7, 11) is 0. The van der Waals surface area contributed by atoms with E-state index in [0.29, 0.717) is 45.9 Å². The largest absolute Gasteiger partial charge is 2.00 e. The van der Waals surface area contributed by atoms with Crippen LogP contribution in [0.2, 0.25) is 0 Å². The van der Waals surface area contributed by atoms with Crippen LogP contribution >= 0.6 is 0 Å². The Bertz CT molecular complexity index is 3160. The summed E-state index contributed by atoms with van der Waals surface area (Å²) in [4.78, 5) is 43.1. The second-order valence-electron chi connectivity index (χ2n) is 26.3. The first-order valence-corrected chi connectivity index (χ1v) is 36.4. The summed E-state index contributed by atoms with van der Waals surface area (Å²) in [5.74, 6) is 2.42. The van der Waals surface area contributed by atoms with Gasteiger partial charge < -0.3 is 29.9 Å². The van der Waals surface area contributed by atoms with Gasteiger partial charge in [0.15, 0.2) is 49.6 Å². The van der Waals surface area contributed by atoms with E-state index >= 15 is 0 Å². The zero-order valence-electron chi connectivity index (χ0n) is 55.7. The molecule has 0 unspecified atom stereocenters. The molecule has 0 amide bonds. The molecule has 2 aliphatic rings. The first kappa shape index (κ1) is 69.3. The number of aryl methyl sites for hydroxylation is 4. The number of fused-ring (bicyclic) bond motifs is 20. The molecule has 0 aromatic carbocycles. The van der Waals surface area contributed by atoms with Gasteiger partial charge in [-0.25, -0.2) is 28.2 Å². The van der Waals surface area contributed by atoms with Crippen molar-refractivity contribution < 1.29 is 34.8 Å². The van der Waals surface area contributed by atoms with Crippen LogP contribution in [0.1, 0.15) is 285 Å². The molecule has 12 nitrogen and oxygen atoms in total. The van der Waals surface area contributed by atoms with E-state index in [-0.39, 0.29) is 16.5 Å². The van der Waals surface area contributed by atoms with Gasteiger partial charge in [0, 0.05) is 94.4 Å². The quantitative estimate of drug-likeness (QED) is 0.0210. The van der Waals surface area contributed by atoms with E-state index in [0.717, 1.165) is 95.7 Å². The van der Waals surface area contributed by atoms with Crippen LogP contribution in [0.3, 0.4) is 0 Å².